The van der Waals surface area contributed by atoms with Gasteiger partial charge in [0.1, 0.15) is 0 Å². The average molecular weight is 537 g/mol. The number of alkyl halides is 1. The molecular formula is C27H19BrClNO4. The first-order chi connectivity index (χ1) is 16.4. The first-order valence-corrected chi connectivity index (χ1v) is 12.3. The van der Waals surface area contributed by atoms with E-state index >= 15 is 0 Å². The maximum Gasteiger partial charge on any atom is 0.339 e. The van der Waals surface area contributed by atoms with Gasteiger partial charge in [-0.15, -0.1) is 0 Å². The monoisotopic (exact) mass is 535 g/mol. The Morgan fingerprint density at radius 2 is 1.62 bits per heavy atom. The molecule has 1 saturated heterocycles. The number of esters is 1. The maximum atomic E-state index is 14.0. The molecule has 3 aromatic rings. The summed E-state index contributed by atoms with van der Waals surface area (Å²) < 4.78 is 4.28. The van der Waals surface area contributed by atoms with Crippen molar-refractivity contribution in [2.45, 2.75) is 17.2 Å². The van der Waals surface area contributed by atoms with E-state index in [9.17, 15) is 14.4 Å². The Morgan fingerprint density at radius 3 is 2.24 bits per heavy atom. The van der Waals surface area contributed by atoms with E-state index in [0.29, 0.717) is 5.69 Å². The van der Waals surface area contributed by atoms with Crippen LogP contribution in [0.15, 0.2) is 66.7 Å². The van der Waals surface area contributed by atoms with Crippen molar-refractivity contribution in [3.05, 3.63) is 99.6 Å². The van der Waals surface area contributed by atoms with Crippen molar-refractivity contribution >= 4 is 51.0 Å². The normalized spacial score (nSPS) is 26.2. The van der Waals surface area contributed by atoms with Gasteiger partial charge in [-0.1, -0.05) is 76.1 Å². The number of carbonyl (C=O) groups excluding carboxylic acids is 3. The summed E-state index contributed by atoms with van der Waals surface area (Å²) >= 11 is 10.2. The van der Waals surface area contributed by atoms with E-state index in [-0.39, 0.29) is 34.9 Å². The topological polar surface area (TPSA) is 63.7 Å². The van der Waals surface area contributed by atoms with Gasteiger partial charge in [-0.3, -0.25) is 9.59 Å². The van der Waals surface area contributed by atoms with E-state index in [4.69, 9.17) is 16.3 Å². The predicted molar refractivity (Wildman–Crippen MR) is 131 cm³/mol. The third-order valence-corrected chi connectivity index (χ3v) is 8.90. The number of hydrogen-bond donors (Lipinski definition) is 0. The van der Waals surface area contributed by atoms with E-state index in [1.807, 2.05) is 48.5 Å². The molecule has 0 unspecified atom stereocenters. The molecule has 5 nitrogen and oxygen atoms in total. The van der Waals surface area contributed by atoms with Crippen LogP contribution in [-0.4, -0.2) is 24.4 Å². The molecule has 7 rings (SSSR count). The molecule has 0 aromatic heterocycles. The van der Waals surface area contributed by atoms with Gasteiger partial charge in [-0.05, 0) is 47.4 Å². The third kappa shape index (κ3) is 2.64. The number of anilines is 1. The molecule has 1 aliphatic heterocycles. The Hall–Kier alpha value is -2.96. The van der Waals surface area contributed by atoms with Crippen molar-refractivity contribution in [1.82, 2.24) is 0 Å². The molecule has 34 heavy (non-hydrogen) atoms. The summed E-state index contributed by atoms with van der Waals surface area (Å²) in [6.07, 6.45) is 0. The minimum Gasteiger partial charge on any atom is -0.462 e. The summed E-state index contributed by atoms with van der Waals surface area (Å²) in [7, 11) is 0. The van der Waals surface area contributed by atoms with Crippen LogP contribution in [0, 0.1) is 11.8 Å². The van der Waals surface area contributed by atoms with Gasteiger partial charge >= 0.3 is 5.97 Å². The first kappa shape index (κ1) is 21.6. The molecule has 0 N–H and O–H groups in total. The molecule has 7 heteroatoms. The number of ether oxygens (including phenoxy) is 1. The standard InChI is InChI=1S/C27H19BrClNO4/c1-2-34-26(33)17-13-14(11-12-20(17)29)30-24(31)22-21-15-7-3-5-9-18(15)27(28,23(22)25(30)32)19-10-6-4-8-16(19)21/h3-13,21-23H,2H2,1H3/t21?,22-,23-,27?/m1/s1. The summed E-state index contributed by atoms with van der Waals surface area (Å²) in [5.41, 5.74) is 4.61. The highest BCUT2D eigenvalue weighted by atomic mass is 79.9. The van der Waals surface area contributed by atoms with Crippen molar-refractivity contribution in [3.63, 3.8) is 0 Å². The van der Waals surface area contributed by atoms with Crippen LogP contribution in [0.3, 0.4) is 0 Å². The minimum atomic E-state index is -0.822. The van der Waals surface area contributed by atoms with Crippen LogP contribution in [0.2, 0.25) is 5.02 Å². The van der Waals surface area contributed by atoms with Gasteiger partial charge in [-0.25, -0.2) is 9.69 Å². The fourth-order valence-electron chi connectivity index (χ4n) is 5.95. The summed E-state index contributed by atoms with van der Waals surface area (Å²) in [4.78, 5) is 41.5. The molecule has 2 bridgehead atoms. The average Bonchev–Trinajstić information content (AvgIpc) is 3.11. The van der Waals surface area contributed by atoms with Crippen molar-refractivity contribution in [3.8, 4) is 0 Å². The van der Waals surface area contributed by atoms with Crippen LogP contribution in [0.1, 0.15) is 45.5 Å². The van der Waals surface area contributed by atoms with Crippen molar-refractivity contribution in [1.29, 1.82) is 0 Å². The Balaban J connectivity index is 1.52. The second-order valence-corrected chi connectivity index (χ2v) is 10.4. The number of carbonyl (C=O) groups is 3. The van der Waals surface area contributed by atoms with Gasteiger partial charge in [0.25, 0.3) is 0 Å². The number of halogens is 2. The summed E-state index contributed by atoms with van der Waals surface area (Å²) in [6, 6.07) is 20.6. The predicted octanol–water partition coefficient (Wildman–Crippen LogP) is 5.42. The number of amides is 2. The van der Waals surface area contributed by atoms with Crippen LogP contribution < -0.4 is 4.90 Å². The van der Waals surface area contributed by atoms with Gasteiger partial charge in [0, 0.05) is 5.92 Å². The Bertz CT molecular complexity index is 1360. The lowest BCUT2D eigenvalue weighted by Gasteiger charge is -2.51. The molecule has 1 fully saturated rings. The number of benzene rings is 3. The molecule has 0 spiro atoms. The maximum absolute atomic E-state index is 14.0. The van der Waals surface area contributed by atoms with E-state index in [1.54, 1.807) is 13.0 Å². The fraction of sp³-hybridized carbons (Fsp3) is 0.222. The van der Waals surface area contributed by atoms with Gasteiger partial charge in [0.2, 0.25) is 11.8 Å². The van der Waals surface area contributed by atoms with Crippen LogP contribution in [0.25, 0.3) is 0 Å². The highest BCUT2D eigenvalue weighted by molar-refractivity contribution is 9.09. The van der Waals surface area contributed by atoms with Crippen LogP contribution in [0.5, 0.6) is 0 Å². The molecule has 170 valence electrons. The molecule has 3 aliphatic carbocycles. The molecular weight excluding hydrogens is 518 g/mol. The highest BCUT2D eigenvalue weighted by Gasteiger charge is 2.67. The number of nitrogens with zero attached hydrogens (tertiary/aromatic N) is 1. The minimum absolute atomic E-state index is 0.125. The largest absolute Gasteiger partial charge is 0.462 e. The molecule has 0 saturated carbocycles. The smallest absolute Gasteiger partial charge is 0.339 e. The summed E-state index contributed by atoms with van der Waals surface area (Å²) in [5, 5.41) is 0.204. The van der Waals surface area contributed by atoms with Crippen molar-refractivity contribution in [2.24, 2.45) is 11.8 Å². The third-order valence-electron chi connectivity index (χ3n) is 7.22. The molecule has 0 radical (unpaired) electrons. The zero-order valence-electron chi connectivity index (χ0n) is 18.1. The summed E-state index contributed by atoms with van der Waals surface area (Å²) in [6.45, 7) is 1.89. The summed E-state index contributed by atoms with van der Waals surface area (Å²) in [5.74, 6) is -2.56. The zero-order chi connectivity index (χ0) is 23.8. The SMILES string of the molecule is CCOC(=O)c1cc(N2C(=O)[C@@H]3C4c5ccccc5C(Br)(c5ccccc54)[C@H]3C2=O)ccc1Cl. The Morgan fingerprint density at radius 1 is 1.00 bits per heavy atom. The number of imide groups is 1. The Labute approximate surface area is 209 Å². The highest BCUT2D eigenvalue weighted by Crippen LogP contribution is 2.66. The van der Waals surface area contributed by atoms with Gasteiger partial charge in [0.05, 0.1) is 39.0 Å². The van der Waals surface area contributed by atoms with Gasteiger partial charge in [0.15, 0.2) is 0 Å². The van der Waals surface area contributed by atoms with E-state index in [1.165, 1.54) is 17.0 Å². The molecule has 2 amide bonds. The quantitative estimate of drug-likeness (QED) is 0.255. The number of hydrogen-bond acceptors (Lipinski definition) is 4. The molecule has 2 atom stereocenters. The lowest BCUT2D eigenvalue weighted by atomic mass is 9.55. The molecule has 4 aliphatic rings. The number of rotatable bonds is 3. The van der Waals surface area contributed by atoms with E-state index < -0.39 is 22.1 Å². The lowest BCUT2D eigenvalue weighted by molar-refractivity contribution is -0.122. The zero-order valence-corrected chi connectivity index (χ0v) is 20.5. The van der Waals surface area contributed by atoms with Crippen molar-refractivity contribution < 1.29 is 19.1 Å². The van der Waals surface area contributed by atoms with Gasteiger partial charge in [-0.2, -0.15) is 0 Å². The second kappa shape index (κ2) is 7.52. The van der Waals surface area contributed by atoms with Crippen LogP contribution in [-0.2, 0) is 18.7 Å². The fourth-order valence-corrected chi connectivity index (χ4v) is 7.35. The molecule has 3 aromatic carbocycles. The first-order valence-electron chi connectivity index (χ1n) is 11.1. The molecule has 1 heterocycles. The van der Waals surface area contributed by atoms with Crippen molar-refractivity contribution in [2.75, 3.05) is 11.5 Å². The Kier molecular flexibility index (Phi) is 4.77. The second-order valence-electron chi connectivity index (χ2n) is 8.76. The van der Waals surface area contributed by atoms with Crippen LogP contribution in [0.4, 0.5) is 5.69 Å². The van der Waals surface area contributed by atoms with Crippen LogP contribution >= 0.6 is 27.5 Å². The van der Waals surface area contributed by atoms with E-state index in [2.05, 4.69) is 15.9 Å². The van der Waals surface area contributed by atoms with E-state index in [0.717, 1.165) is 22.3 Å². The lowest BCUT2D eigenvalue weighted by Crippen LogP contribution is -2.50. The van der Waals surface area contributed by atoms with Gasteiger partial charge < -0.3 is 4.74 Å².